The number of aromatic nitrogens is 2. The van der Waals surface area contributed by atoms with E-state index >= 15 is 0 Å². The highest BCUT2D eigenvalue weighted by molar-refractivity contribution is 6.20. The zero-order valence-electron chi connectivity index (χ0n) is 12.1. The monoisotopic (exact) mass is 292 g/mol. The number of rotatable bonds is 4. The van der Waals surface area contributed by atoms with E-state index in [0.29, 0.717) is 6.10 Å². The van der Waals surface area contributed by atoms with Crippen molar-refractivity contribution in [3.05, 3.63) is 29.6 Å². The quantitative estimate of drug-likeness (QED) is 0.789. The van der Waals surface area contributed by atoms with Gasteiger partial charge in [-0.05, 0) is 50.8 Å². The fourth-order valence-corrected chi connectivity index (χ4v) is 3.11. The average Bonchev–Trinajstić information content (AvgIpc) is 3.02. The third kappa shape index (κ3) is 2.70. The first-order valence-corrected chi connectivity index (χ1v) is 7.81. The smallest absolute Gasteiger partial charge is 0.127 e. The highest BCUT2D eigenvalue weighted by atomic mass is 35.5. The number of hydrogen-bond donors (Lipinski definition) is 0. The maximum Gasteiger partial charge on any atom is 0.127 e. The summed E-state index contributed by atoms with van der Waals surface area (Å²) in [5.41, 5.74) is 3.45. The van der Waals surface area contributed by atoms with E-state index < -0.39 is 0 Å². The van der Waals surface area contributed by atoms with Gasteiger partial charge in [0.1, 0.15) is 5.82 Å². The number of halogens is 1. The van der Waals surface area contributed by atoms with Crippen LogP contribution in [-0.4, -0.2) is 22.3 Å². The van der Waals surface area contributed by atoms with Gasteiger partial charge in [-0.15, -0.1) is 11.6 Å². The van der Waals surface area contributed by atoms with Gasteiger partial charge in [-0.1, -0.05) is 6.07 Å². The molecule has 0 amide bonds. The molecule has 3 rings (SSSR count). The van der Waals surface area contributed by atoms with Gasteiger partial charge < -0.3 is 9.30 Å². The van der Waals surface area contributed by atoms with Gasteiger partial charge in [-0.2, -0.15) is 0 Å². The molecule has 0 aliphatic carbocycles. The first-order valence-electron chi connectivity index (χ1n) is 7.37. The predicted molar refractivity (Wildman–Crippen MR) is 82.3 cm³/mol. The van der Waals surface area contributed by atoms with Gasteiger partial charge in [0.15, 0.2) is 0 Å². The first-order chi connectivity index (χ1) is 9.65. The molecule has 2 unspecified atom stereocenters. The lowest BCUT2D eigenvalue weighted by atomic mass is 10.2. The van der Waals surface area contributed by atoms with E-state index in [1.54, 1.807) is 0 Å². The largest absolute Gasteiger partial charge is 0.378 e. The molecule has 0 bridgehead atoms. The minimum atomic E-state index is -0.0767. The number of ether oxygens (including phenoxy) is 1. The SMILES string of the molecule is Cc1ccc2c(c1)nc(C(C)Cl)n2CCC1CCCO1. The van der Waals surface area contributed by atoms with Crippen molar-refractivity contribution in [2.45, 2.75) is 51.1 Å². The molecule has 4 heteroatoms. The molecule has 1 saturated heterocycles. The highest BCUT2D eigenvalue weighted by Crippen LogP contribution is 2.26. The second-order valence-corrected chi connectivity index (χ2v) is 6.31. The number of benzene rings is 1. The average molecular weight is 293 g/mol. The van der Waals surface area contributed by atoms with Crippen LogP contribution in [0.25, 0.3) is 11.0 Å². The fourth-order valence-electron chi connectivity index (χ4n) is 2.94. The summed E-state index contributed by atoms with van der Waals surface area (Å²) in [6.07, 6.45) is 3.80. The molecule has 0 saturated carbocycles. The van der Waals surface area contributed by atoms with Crippen molar-refractivity contribution in [3.8, 4) is 0 Å². The molecule has 0 radical (unpaired) electrons. The standard InChI is InChI=1S/C16H21ClN2O/c1-11-5-6-15-14(10-11)18-16(12(2)17)19(15)8-7-13-4-3-9-20-13/h5-6,10,12-13H,3-4,7-9H2,1-2H3. The second-order valence-electron chi connectivity index (χ2n) is 5.65. The highest BCUT2D eigenvalue weighted by Gasteiger charge is 2.19. The third-order valence-electron chi connectivity index (χ3n) is 3.99. The van der Waals surface area contributed by atoms with E-state index in [1.807, 2.05) is 6.92 Å². The Morgan fingerprint density at radius 2 is 2.35 bits per heavy atom. The Morgan fingerprint density at radius 3 is 3.05 bits per heavy atom. The number of aryl methyl sites for hydroxylation is 2. The maximum absolute atomic E-state index is 6.30. The molecular weight excluding hydrogens is 272 g/mol. The van der Waals surface area contributed by atoms with Crippen LogP contribution in [0, 0.1) is 6.92 Å². The Balaban J connectivity index is 1.91. The number of fused-ring (bicyclic) bond motifs is 1. The molecule has 3 nitrogen and oxygen atoms in total. The van der Waals surface area contributed by atoms with E-state index in [0.717, 1.165) is 30.9 Å². The van der Waals surface area contributed by atoms with E-state index in [1.165, 1.54) is 23.9 Å². The molecule has 2 heterocycles. The van der Waals surface area contributed by atoms with E-state index in [-0.39, 0.29) is 5.38 Å². The lowest BCUT2D eigenvalue weighted by molar-refractivity contribution is 0.100. The topological polar surface area (TPSA) is 27.1 Å². The van der Waals surface area contributed by atoms with Gasteiger partial charge in [0.25, 0.3) is 0 Å². The number of nitrogens with zero attached hydrogens (tertiary/aromatic N) is 2. The second kappa shape index (κ2) is 5.74. The molecule has 2 aromatic rings. The number of alkyl halides is 1. The summed E-state index contributed by atoms with van der Waals surface area (Å²) in [5.74, 6) is 0.963. The molecule has 1 fully saturated rings. The van der Waals surface area contributed by atoms with Crippen LogP contribution in [-0.2, 0) is 11.3 Å². The van der Waals surface area contributed by atoms with Crippen molar-refractivity contribution in [1.29, 1.82) is 0 Å². The van der Waals surface area contributed by atoms with Crippen LogP contribution < -0.4 is 0 Å². The van der Waals surface area contributed by atoms with E-state index in [9.17, 15) is 0 Å². The fraction of sp³-hybridized carbons (Fsp3) is 0.562. The van der Waals surface area contributed by atoms with E-state index in [2.05, 4.69) is 29.7 Å². The lowest BCUT2D eigenvalue weighted by Gasteiger charge is -2.13. The number of hydrogen-bond acceptors (Lipinski definition) is 2. The molecule has 1 aromatic heterocycles. The Labute approximate surface area is 124 Å². The summed E-state index contributed by atoms with van der Waals surface area (Å²) >= 11 is 6.30. The van der Waals surface area contributed by atoms with Crippen molar-refractivity contribution in [2.75, 3.05) is 6.61 Å². The first kappa shape index (κ1) is 13.9. The lowest BCUT2D eigenvalue weighted by Crippen LogP contribution is -2.12. The van der Waals surface area contributed by atoms with Gasteiger partial charge >= 0.3 is 0 Å². The van der Waals surface area contributed by atoms with Gasteiger partial charge in [0, 0.05) is 13.2 Å². The van der Waals surface area contributed by atoms with Crippen molar-refractivity contribution in [2.24, 2.45) is 0 Å². The van der Waals surface area contributed by atoms with Crippen LogP contribution in [0.4, 0.5) is 0 Å². The van der Waals surface area contributed by atoms with Crippen molar-refractivity contribution >= 4 is 22.6 Å². The summed E-state index contributed by atoms with van der Waals surface area (Å²) in [6.45, 7) is 5.91. The van der Waals surface area contributed by atoms with Crippen LogP contribution in [0.2, 0.25) is 0 Å². The molecular formula is C16H21ClN2O. The van der Waals surface area contributed by atoms with Crippen LogP contribution in [0.1, 0.15) is 43.0 Å². The molecule has 20 heavy (non-hydrogen) atoms. The Morgan fingerprint density at radius 1 is 1.50 bits per heavy atom. The molecule has 1 aromatic carbocycles. The summed E-state index contributed by atoms with van der Waals surface area (Å²) < 4.78 is 7.97. The summed E-state index contributed by atoms with van der Waals surface area (Å²) in [5, 5.41) is -0.0767. The summed E-state index contributed by atoms with van der Waals surface area (Å²) in [6, 6.07) is 6.41. The van der Waals surface area contributed by atoms with Crippen LogP contribution in [0.5, 0.6) is 0 Å². The van der Waals surface area contributed by atoms with Gasteiger partial charge in [0.05, 0.1) is 22.5 Å². The third-order valence-corrected chi connectivity index (χ3v) is 4.18. The zero-order chi connectivity index (χ0) is 14.1. The Kier molecular flexibility index (Phi) is 3.99. The van der Waals surface area contributed by atoms with Crippen molar-refractivity contribution < 1.29 is 4.74 Å². The molecule has 1 aliphatic heterocycles. The summed E-state index contributed by atoms with van der Waals surface area (Å²) in [7, 11) is 0. The Bertz CT molecular complexity index is 600. The van der Waals surface area contributed by atoms with Crippen LogP contribution in [0.3, 0.4) is 0 Å². The minimum absolute atomic E-state index is 0.0767. The molecule has 1 aliphatic rings. The minimum Gasteiger partial charge on any atom is -0.378 e. The molecule has 0 spiro atoms. The van der Waals surface area contributed by atoms with Crippen molar-refractivity contribution in [3.63, 3.8) is 0 Å². The zero-order valence-corrected chi connectivity index (χ0v) is 12.9. The summed E-state index contributed by atoms with van der Waals surface area (Å²) in [4.78, 5) is 4.71. The van der Waals surface area contributed by atoms with Gasteiger partial charge in [-0.25, -0.2) is 4.98 Å². The van der Waals surface area contributed by atoms with Crippen LogP contribution in [0.15, 0.2) is 18.2 Å². The Hall–Kier alpha value is -1.06. The number of imidazole rings is 1. The van der Waals surface area contributed by atoms with Gasteiger partial charge in [0.2, 0.25) is 0 Å². The predicted octanol–water partition coefficient (Wildman–Crippen LogP) is 4.21. The van der Waals surface area contributed by atoms with Crippen LogP contribution >= 0.6 is 11.6 Å². The molecule has 0 N–H and O–H groups in total. The van der Waals surface area contributed by atoms with Gasteiger partial charge in [-0.3, -0.25) is 0 Å². The molecule has 108 valence electrons. The van der Waals surface area contributed by atoms with Crippen molar-refractivity contribution in [1.82, 2.24) is 9.55 Å². The molecule has 2 atom stereocenters. The van der Waals surface area contributed by atoms with E-state index in [4.69, 9.17) is 21.3 Å². The maximum atomic E-state index is 6.30. The normalized spacial score (nSPS) is 20.6.